The zero-order valence-corrected chi connectivity index (χ0v) is 15.8. The van der Waals surface area contributed by atoms with Crippen LogP contribution in [0.15, 0.2) is 42.5 Å². The summed E-state index contributed by atoms with van der Waals surface area (Å²) in [6, 6.07) is 11.6. The Bertz CT molecular complexity index is 1070. The number of carbonyl (C=O) groups is 1. The zero-order chi connectivity index (χ0) is 21.0. The van der Waals surface area contributed by atoms with Gasteiger partial charge in [-0.3, -0.25) is 9.69 Å². The van der Waals surface area contributed by atoms with Crippen LogP contribution in [0.4, 0.5) is 30.2 Å². The molecule has 0 atom stereocenters. The van der Waals surface area contributed by atoms with Gasteiger partial charge >= 0.3 is 6.18 Å². The lowest BCUT2D eigenvalue weighted by atomic mass is 9.75. The number of para-hydroxylation sites is 2. The minimum Gasteiger partial charge on any atom is -0.397 e. The molecule has 1 saturated carbocycles. The van der Waals surface area contributed by atoms with Crippen molar-refractivity contribution in [1.29, 1.82) is 5.26 Å². The van der Waals surface area contributed by atoms with Crippen molar-refractivity contribution >= 4 is 40.3 Å². The number of nitrogens with two attached hydrogens (primary N) is 1. The molecule has 9 heteroatoms. The molecule has 2 aliphatic rings. The average molecular weight is 416 g/mol. The maximum atomic E-state index is 13.4. The Balaban J connectivity index is 1.85. The second-order valence-corrected chi connectivity index (χ2v) is 7.41. The standard InChI is InChI=1S/C20H15F3N4OS/c21-20(22,23)14-10-13(7-6-12(14)11-24)26-17(28)19(8-3-9-19)27(18(26)29)16-5-2-1-4-15(16)25/h1-2,4-7,10H,3,8-9,25H2. The van der Waals surface area contributed by atoms with E-state index in [0.29, 0.717) is 24.2 Å². The van der Waals surface area contributed by atoms with Crippen molar-refractivity contribution in [3.63, 3.8) is 0 Å². The Kier molecular flexibility index (Phi) is 4.28. The molecule has 1 amide bonds. The first kappa shape index (κ1) is 19.2. The van der Waals surface area contributed by atoms with Crippen LogP contribution < -0.4 is 15.5 Å². The molecule has 0 unspecified atom stereocenters. The predicted molar refractivity (Wildman–Crippen MR) is 106 cm³/mol. The Morgan fingerprint density at radius 3 is 2.41 bits per heavy atom. The summed E-state index contributed by atoms with van der Waals surface area (Å²) in [5.74, 6) is -0.380. The van der Waals surface area contributed by atoms with E-state index in [2.05, 4.69) is 0 Å². The normalized spacial score (nSPS) is 18.1. The van der Waals surface area contributed by atoms with Gasteiger partial charge in [-0.25, -0.2) is 0 Å². The number of rotatable bonds is 2. The molecule has 1 heterocycles. The number of hydrogen-bond acceptors (Lipinski definition) is 4. The summed E-state index contributed by atoms with van der Waals surface area (Å²) in [5.41, 5.74) is 4.49. The van der Waals surface area contributed by atoms with E-state index in [1.165, 1.54) is 12.1 Å². The largest absolute Gasteiger partial charge is 0.417 e. The van der Waals surface area contributed by atoms with Gasteiger partial charge in [0.25, 0.3) is 5.91 Å². The summed E-state index contributed by atoms with van der Waals surface area (Å²) in [4.78, 5) is 16.1. The Morgan fingerprint density at radius 1 is 1.17 bits per heavy atom. The number of nitrogen functional groups attached to an aromatic ring is 1. The molecule has 0 radical (unpaired) electrons. The average Bonchev–Trinajstić information content (AvgIpc) is 2.88. The smallest absolute Gasteiger partial charge is 0.397 e. The summed E-state index contributed by atoms with van der Waals surface area (Å²) in [5, 5.41) is 9.09. The van der Waals surface area contributed by atoms with E-state index in [-0.39, 0.29) is 16.7 Å². The summed E-state index contributed by atoms with van der Waals surface area (Å²) in [6.07, 6.45) is -2.88. The molecule has 1 spiro atoms. The number of anilines is 3. The minimum atomic E-state index is -4.73. The highest BCUT2D eigenvalue weighted by Crippen LogP contribution is 2.49. The monoisotopic (exact) mass is 416 g/mol. The van der Waals surface area contributed by atoms with Gasteiger partial charge in [0, 0.05) is 0 Å². The topological polar surface area (TPSA) is 73.4 Å². The number of nitriles is 1. The Hall–Kier alpha value is -3.12. The Morgan fingerprint density at radius 2 is 1.86 bits per heavy atom. The maximum Gasteiger partial charge on any atom is 0.417 e. The highest BCUT2D eigenvalue weighted by Gasteiger charge is 2.60. The van der Waals surface area contributed by atoms with Crippen LogP contribution in [0.3, 0.4) is 0 Å². The first-order valence-electron chi connectivity index (χ1n) is 8.85. The van der Waals surface area contributed by atoms with Gasteiger partial charge in [0.2, 0.25) is 0 Å². The van der Waals surface area contributed by atoms with Gasteiger partial charge in [-0.2, -0.15) is 18.4 Å². The zero-order valence-electron chi connectivity index (χ0n) is 15.0. The molecule has 1 aliphatic carbocycles. The molecule has 2 aromatic carbocycles. The minimum absolute atomic E-state index is 0.0189. The van der Waals surface area contributed by atoms with E-state index in [9.17, 15) is 18.0 Å². The second-order valence-electron chi connectivity index (χ2n) is 7.04. The summed E-state index contributed by atoms with van der Waals surface area (Å²) in [7, 11) is 0. The number of alkyl halides is 3. The van der Waals surface area contributed by atoms with E-state index >= 15 is 0 Å². The number of benzene rings is 2. The SMILES string of the molecule is N#Cc1ccc(N2C(=O)C3(CCC3)N(c3ccccc3N)C2=S)cc1C(F)(F)F. The molecule has 2 fully saturated rings. The van der Waals surface area contributed by atoms with Crippen molar-refractivity contribution in [2.24, 2.45) is 0 Å². The van der Waals surface area contributed by atoms with Gasteiger partial charge in [-0.05, 0) is 61.8 Å². The third-order valence-corrected chi connectivity index (χ3v) is 5.82. The first-order chi connectivity index (χ1) is 13.7. The van der Waals surface area contributed by atoms with E-state index in [4.69, 9.17) is 23.2 Å². The predicted octanol–water partition coefficient (Wildman–Crippen LogP) is 4.22. The lowest BCUT2D eigenvalue weighted by Crippen LogP contribution is -2.55. The van der Waals surface area contributed by atoms with Crippen molar-refractivity contribution in [3.8, 4) is 6.07 Å². The van der Waals surface area contributed by atoms with Gasteiger partial charge in [0.1, 0.15) is 5.54 Å². The number of carbonyl (C=O) groups excluding carboxylic acids is 1. The van der Waals surface area contributed by atoms with Crippen molar-refractivity contribution in [3.05, 3.63) is 53.6 Å². The molecule has 0 bridgehead atoms. The molecule has 29 heavy (non-hydrogen) atoms. The highest BCUT2D eigenvalue weighted by molar-refractivity contribution is 7.81. The molecular weight excluding hydrogens is 401 g/mol. The van der Waals surface area contributed by atoms with Crippen LogP contribution in [0, 0.1) is 11.3 Å². The van der Waals surface area contributed by atoms with Crippen LogP contribution >= 0.6 is 12.2 Å². The van der Waals surface area contributed by atoms with Crippen molar-refractivity contribution in [1.82, 2.24) is 0 Å². The fourth-order valence-electron chi connectivity index (χ4n) is 3.88. The molecule has 148 valence electrons. The third kappa shape index (κ3) is 2.75. The van der Waals surface area contributed by atoms with Gasteiger partial charge in [0.05, 0.1) is 34.3 Å². The number of halogens is 3. The fraction of sp³-hybridized carbons (Fsp3) is 0.250. The molecule has 1 saturated heterocycles. The number of nitrogens with zero attached hydrogens (tertiary/aromatic N) is 3. The van der Waals surface area contributed by atoms with Gasteiger partial charge in [-0.15, -0.1) is 0 Å². The van der Waals surface area contributed by atoms with E-state index in [1.807, 2.05) is 0 Å². The van der Waals surface area contributed by atoms with E-state index in [1.54, 1.807) is 29.2 Å². The Labute approximate surface area is 170 Å². The number of amides is 1. The molecule has 2 aromatic rings. The third-order valence-electron chi connectivity index (χ3n) is 5.46. The van der Waals surface area contributed by atoms with E-state index in [0.717, 1.165) is 23.5 Å². The highest BCUT2D eigenvalue weighted by atomic mass is 32.1. The molecule has 4 rings (SSSR count). The van der Waals surface area contributed by atoms with Crippen LogP contribution in [0.25, 0.3) is 0 Å². The van der Waals surface area contributed by atoms with E-state index < -0.39 is 22.8 Å². The fourth-order valence-corrected chi connectivity index (χ4v) is 4.34. The second kappa shape index (κ2) is 6.46. The molecular formula is C20H15F3N4OS. The van der Waals surface area contributed by atoms with Gasteiger partial charge in [0.15, 0.2) is 5.11 Å². The van der Waals surface area contributed by atoms with Crippen molar-refractivity contribution in [2.75, 3.05) is 15.5 Å². The number of thiocarbonyl (C=S) groups is 1. The number of hydrogen-bond donors (Lipinski definition) is 1. The van der Waals surface area contributed by atoms with Crippen LogP contribution in [0.5, 0.6) is 0 Å². The van der Waals surface area contributed by atoms with Crippen molar-refractivity contribution in [2.45, 2.75) is 31.0 Å². The molecule has 2 N–H and O–H groups in total. The van der Waals surface area contributed by atoms with Crippen molar-refractivity contribution < 1.29 is 18.0 Å². The molecule has 1 aliphatic heterocycles. The summed E-state index contributed by atoms with van der Waals surface area (Å²) >= 11 is 5.54. The van der Waals surface area contributed by atoms with Crippen LogP contribution in [-0.2, 0) is 11.0 Å². The first-order valence-corrected chi connectivity index (χ1v) is 9.26. The summed E-state index contributed by atoms with van der Waals surface area (Å²) in [6.45, 7) is 0. The molecule has 5 nitrogen and oxygen atoms in total. The van der Waals surface area contributed by atoms with Gasteiger partial charge < -0.3 is 10.6 Å². The van der Waals surface area contributed by atoms with Crippen LogP contribution in [-0.4, -0.2) is 16.6 Å². The quantitative estimate of drug-likeness (QED) is 0.586. The lowest BCUT2D eigenvalue weighted by molar-refractivity contribution is -0.137. The lowest BCUT2D eigenvalue weighted by Gasteiger charge is -2.43. The van der Waals surface area contributed by atoms with Crippen LogP contribution in [0.2, 0.25) is 0 Å². The maximum absolute atomic E-state index is 13.4. The van der Waals surface area contributed by atoms with Crippen LogP contribution in [0.1, 0.15) is 30.4 Å². The summed E-state index contributed by atoms with van der Waals surface area (Å²) < 4.78 is 40.2. The molecule has 0 aromatic heterocycles. The van der Waals surface area contributed by atoms with Gasteiger partial charge in [-0.1, -0.05) is 12.1 Å².